The van der Waals surface area contributed by atoms with E-state index in [-0.39, 0.29) is 25.0 Å². The molecule has 1 saturated carbocycles. The van der Waals surface area contributed by atoms with Crippen LogP contribution in [0.15, 0.2) is 46.0 Å². The molecule has 3 fully saturated rings. The first-order valence-electron chi connectivity index (χ1n) is 11.8. The lowest BCUT2D eigenvalue weighted by Gasteiger charge is -2.48. The first kappa shape index (κ1) is 24.2. The van der Waals surface area contributed by atoms with E-state index in [1.54, 1.807) is 36.3 Å². The first-order chi connectivity index (χ1) is 16.5. The number of nitrogens with one attached hydrogen (secondary N) is 1. The fourth-order valence-corrected chi connectivity index (χ4v) is 7.83. The second-order valence-electron chi connectivity index (χ2n) is 10.0. The quantitative estimate of drug-likeness (QED) is 0.568. The minimum atomic E-state index is -3.66. The molecule has 3 aliphatic rings. The molecule has 1 aliphatic carbocycles. The van der Waals surface area contributed by atoms with Crippen LogP contribution in [0.1, 0.15) is 38.7 Å². The van der Waals surface area contributed by atoms with Gasteiger partial charge in [0.2, 0.25) is 0 Å². The summed E-state index contributed by atoms with van der Waals surface area (Å²) in [5.41, 5.74) is -0.141. The molecule has 2 aromatic rings. The summed E-state index contributed by atoms with van der Waals surface area (Å²) < 4.78 is 28.3. The highest BCUT2D eigenvalue weighted by molar-refractivity contribution is 7.91. The smallest absolute Gasteiger partial charge is 0.325 e. The van der Waals surface area contributed by atoms with E-state index in [0.29, 0.717) is 30.1 Å². The number of hydrogen-bond acceptors (Lipinski definition) is 7. The van der Waals surface area contributed by atoms with Crippen molar-refractivity contribution < 1.29 is 23.1 Å². The van der Waals surface area contributed by atoms with Crippen LogP contribution in [-0.4, -0.2) is 72.4 Å². The Hall–Kier alpha value is -2.47. The van der Waals surface area contributed by atoms with Crippen LogP contribution in [0.5, 0.6) is 0 Å². The van der Waals surface area contributed by atoms with Gasteiger partial charge in [-0.2, -0.15) is 4.31 Å². The Bertz CT molecular complexity index is 1220. The van der Waals surface area contributed by atoms with Gasteiger partial charge in [-0.25, -0.2) is 13.2 Å². The van der Waals surface area contributed by atoms with E-state index in [9.17, 15) is 23.1 Å². The molecule has 0 unspecified atom stereocenters. The van der Waals surface area contributed by atoms with Crippen molar-refractivity contribution in [2.75, 3.05) is 31.1 Å². The normalized spacial score (nSPS) is 23.0. The molecule has 9 nitrogen and oxygen atoms in total. The molecule has 2 saturated heterocycles. The first-order valence-corrected chi connectivity index (χ1v) is 14.1. The molecular weight excluding hydrogens is 488 g/mol. The molecule has 3 heterocycles. The predicted octanol–water partition coefficient (Wildman–Crippen LogP) is 2.33. The van der Waals surface area contributed by atoms with E-state index in [1.165, 1.54) is 15.6 Å². The van der Waals surface area contributed by atoms with Crippen LogP contribution < -0.4 is 10.2 Å². The SMILES string of the molecule is CC(C)(O)c1ccc(N2CCN(S(=O)(=O)c3cccs3)C[C@@H]2CN2C(=O)NC(=O)C23CCC3)cc1. The Balaban J connectivity index is 1.46. The van der Waals surface area contributed by atoms with Crippen molar-refractivity contribution >= 4 is 39.0 Å². The molecule has 2 aliphatic heterocycles. The maximum absolute atomic E-state index is 13.3. The molecule has 2 N–H and O–H groups in total. The van der Waals surface area contributed by atoms with Crippen molar-refractivity contribution in [3.63, 3.8) is 0 Å². The Morgan fingerprint density at radius 3 is 2.43 bits per heavy atom. The monoisotopic (exact) mass is 518 g/mol. The van der Waals surface area contributed by atoms with E-state index >= 15 is 0 Å². The average molecular weight is 519 g/mol. The second-order valence-corrected chi connectivity index (χ2v) is 13.1. The van der Waals surface area contributed by atoms with Crippen LogP contribution in [0.2, 0.25) is 0 Å². The van der Waals surface area contributed by atoms with Crippen molar-refractivity contribution in [2.45, 2.75) is 54.5 Å². The van der Waals surface area contributed by atoms with Crippen molar-refractivity contribution in [3.05, 3.63) is 47.3 Å². The van der Waals surface area contributed by atoms with Gasteiger partial charge in [0.25, 0.3) is 15.9 Å². The van der Waals surface area contributed by atoms with Gasteiger partial charge >= 0.3 is 6.03 Å². The lowest BCUT2D eigenvalue weighted by molar-refractivity contribution is -0.130. The Labute approximate surface area is 209 Å². The third-order valence-electron chi connectivity index (χ3n) is 7.42. The molecule has 1 aromatic heterocycles. The van der Waals surface area contributed by atoms with Crippen molar-refractivity contribution in [2.24, 2.45) is 0 Å². The zero-order valence-corrected chi connectivity index (χ0v) is 21.4. The fraction of sp³-hybridized carbons (Fsp3) is 0.500. The van der Waals surface area contributed by atoms with E-state index in [1.807, 2.05) is 24.3 Å². The summed E-state index contributed by atoms with van der Waals surface area (Å²) in [5.74, 6) is -0.256. The zero-order chi connectivity index (χ0) is 25.0. The Kier molecular flexibility index (Phi) is 5.94. The molecule has 1 spiro atoms. The van der Waals surface area contributed by atoms with Crippen LogP contribution >= 0.6 is 11.3 Å². The van der Waals surface area contributed by atoms with Gasteiger partial charge in [0, 0.05) is 31.9 Å². The molecule has 5 rings (SSSR count). The average Bonchev–Trinajstić information content (AvgIpc) is 3.40. The molecular formula is C24H30N4O5S2. The number of amides is 3. The van der Waals surface area contributed by atoms with Gasteiger partial charge in [0.1, 0.15) is 9.75 Å². The number of rotatable bonds is 6. The fourth-order valence-electron chi connectivity index (χ4n) is 5.21. The summed E-state index contributed by atoms with van der Waals surface area (Å²) in [4.78, 5) is 29.1. The number of carbonyl (C=O) groups is 2. The highest BCUT2D eigenvalue weighted by Gasteiger charge is 2.57. The zero-order valence-electron chi connectivity index (χ0n) is 19.8. The van der Waals surface area contributed by atoms with Crippen LogP contribution in [0.3, 0.4) is 0 Å². The van der Waals surface area contributed by atoms with Crippen molar-refractivity contribution in [3.8, 4) is 0 Å². The lowest BCUT2D eigenvalue weighted by atomic mass is 9.75. The van der Waals surface area contributed by atoms with Gasteiger partial charge in [-0.3, -0.25) is 10.1 Å². The highest BCUT2D eigenvalue weighted by atomic mass is 32.2. The van der Waals surface area contributed by atoms with E-state index in [2.05, 4.69) is 10.2 Å². The van der Waals surface area contributed by atoms with Crippen molar-refractivity contribution in [1.82, 2.24) is 14.5 Å². The molecule has 1 atom stereocenters. The minimum Gasteiger partial charge on any atom is -0.386 e. The number of urea groups is 1. The number of hydrogen-bond donors (Lipinski definition) is 2. The van der Waals surface area contributed by atoms with Gasteiger partial charge in [0.05, 0.1) is 11.6 Å². The van der Waals surface area contributed by atoms with Crippen LogP contribution in [-0.2, 0) is 20.4 Å². The molecule has 35 heavy (non-hydrogen) atoms. The number of carbonyl (C=O) groups excluding carboxylic acids is 2. The van der Waals surface area contributed by atoms with Crippen LogP contribution in [0.25, 0.3) is 0 Å². The number of sulfonamides is 1. The molecule has 188 valence electrons. The largest absolute Gasteiger partial charge is 0.386 e. The molecule has 3 amide bonds. The summed E-state index contributed by atoms with van der Waals surface area (Å²) in [5, 5.41) is 14.5. The summed E-state index contributed by atoms with van der Waals surface area (Å²) in [7, 11) is -3.66. The number of piperazine rings is 1. The van der Waals surface area contributed by atoms with Crippen LogP contribution in [0, 0.1) is 0 Å². The number of imide groups is 1. The van der Waals surface area contributed by atoms with E-state index in [0.717, 1.165) is 17.7 Å². The summed E-state index contributed by atoms with van der Waals surface area (Å²) in [6, 6.07) is 10.1. The standard InChI is InChI=1S/C24H30N4O5S2/c1-23(2,31)17-6-8-18(9-7-17)27-13-12-26(35(32,33)20-5-3-14-34-20)15-19(27)16-28-22(30)25-21(29)24(28)10-4-11-24/h3,5-9,14,19,31H,4,10-13,15-16H2,1-2H3,(H,25,29,30)/t19-/m1/s1. The van der Waals surface area contributed by atoms with E-state index < -0.39 is 27.2 Å². The predicted molar refractivity (Wildman–Crippen MR) is 133 cm³/mol. The number of benzene rings is 1. The van der Waals surface area contributed by atoms with Gasteiger partial charge in [-0.05, 0) is 62.3 Å². The molecule has 1 aromatic carbocycles. The third-order valence-corrected chi connectivity index (χ3v) is 10.7. The van der Waals surface area contributed by atoms with Crippen LogP contribution in [0.4, 0.5) is 10.5 Å². The number of anilines is 1. The topological polar surface area (TPSA) is 110 Å². The van der Waals surface area contributed by atoms with Crippen molar-refractivity contribution in [1.29, 1.82) is 0 Å². The van der Waals surface area contributed by atoms with Gasteiger partial charge in [-0.1, -0.05) is 18.2 Å². The summed E-state index contributed by atoms with van der Waals surface area (Å²) in [6.45, 7) is 4.62. The molecule has 0 bridgehead atoms. The lowest BCUT2D eigenvalue weighted by Crippen LogP contribution is -2.62. The number of nitrogens with zero attached hydrogens (tertiary/aromatic N) is 3. The summed E-state index contributed by atoms with van der Waals surface area (Å²) in [6.07, 6.45) is 2.12. The number of thiophene rings is 1. The molecule has 11 heteroatoms. The highest BCUT2D eigenvalue weighted by Crippen LogP contribution is 2.41. The minimum absolute atomic E-state index is 0.196. The maximum atomic E-state index is 13.3. The van der Waals surface area contributed by atoms with Gasteiger partial charge in [0.15, 0.2) is 0 Å². The molecule has 0 radical (unpaired) electrons. The maximum Gasteiger partial charge on any atom is 0.325 e. The Morgan fingerprint density at radius 1 is 1.14 bits per heavy atom. The van der Waals surface area contributed by atoms with Gasteiger partial charge < -0.3 is 14.9 Å². The van der Waals surface area contributed by atoms with E-state index in [4.69, 9.17) is 0 Å². The second kappa shape index (κ2) is 8.58. The third kappa shape index (κ3) is 4.14. The number of aliphatic hydroxyl groups is 1. The Morgan fingerprint density at radius 2 is 1.86 bits per heavy atom. The van der Waals surface area contributed by atoms with Gasteiger partial charge in [-0.15, -0.1) is 11.3 Å². The summed E-state index contributed by atoms with van der Waals surface area (Å²) >= 11 is 1.19.